The molecule has 2 aromatic carbocycles. The monoisotopic (exact) mass is 267 g/mol. The molecule has 1 aliphatic rings. The highest BCUT2D eigenvalue weighted by molar-refractivity contribution is 5.56. The third-order valence-corrected chi connectivity index (χ3v) is 4.23. The molecule has 2 N–H and O–H groups in total. The number of hydrogen-bond donors (Lipinski definition) is 2. The second kappa shape index (κ2) is 5.68. The van der Waals surface area contributed by atoms with Crippen molar-refractivity contribution in [2.75, 3.05) is 5.32 Å². The number of rotatable bonds is 4. The van der Waals surface area contributed by atoms with E-state index in [2.05, 4.69) is 54.7 Å². The second-order valence-electron chi connectivity index (χ2n) is 5.73. The van der Waals surface area contributed by atoms with Crippen molar-refractivity contribution in [1.29, 1.82) is 0 Å². The van der Waals surface area contributed by atoms with Crippen LogP contribution in [0.2, 0.25) is 0 Å². The molecule has 2 heteroatoms. The van der Waals surface area contributed by atoms with Crippen LogP contribution in [-0.4, -0.2) is 17.3 Å². The van der Waals surface area contributed by atoms with E-state index in [0.717, 1.165) is 12.8 Å². The van der Waals surface area contributed by atoms with Gasteiger partial charge in [0.15, 0.2) is 0 Å². The first-order valence-corrected chi connectivity index (χ1v) is 7.31. The summed E-state index contributed by atoms with van der Waals surface area (Å²) in [5.41, 5.74) is 3.77. The zero-order valence-corrected chi connectivity index (χ0v) is 11.8. The zero-order chi connectivity index (χ0) is 13.9. The molecule has 1 aliphatic heterocycles. The van der Waals surface area contributed by atoms with E-state index >= 15 is 0 Å². The highest BCUT2D eigenvalue weighted by atomic mass is 16.3. The third kappa shape index (κ3) is 2.70. The van der Waals surface area contributed by atoms with Gasteiger partial charge in [0.1, 0.15) is 0 Å². The number of aliphatic hydroxyl groups is 1. The molecule has 3 atom stereocenters. The van der Waals surface area contributed by atoms with Gasteiger partial charge in [0.2, 0.25) is 0 Å². The SMILES string of the molecule is CC(CC(O)C1Cc2ccccc2N1)c1ccccc1. The van der Waals surface area contributed by atoms with Gasteiger partial charge in [-0.05, 0) is 36.0 Å². The van der Waals surface area contributed by atoms with Crippen LogP contribution in [0.25, 0.3) is 0 Å². The van der Waals surface area contributed by atoms with Crippen molar-refractivity contribution in [2.24, 2.45) is 0 Å². The fourth-order valence-corrected chi connectivity index (χ4v) is 3.00. The molecule has 0 saturated carbocycles. The summed E-state index contributed by atoms with van der Waals surface area (Å²) in [6.45, 7) is 2.18. The Kier molecular flexibility index (Phi) is 3.75. The largest absolute Gasteiger partial charge is 0.391 e. The number of benzene rings is 2. The van der Waals surface area contributed by atoms with Crippen molar-refractivity contribution in [3.8, 4) is 0 Å². The van der Waals surface area contributed by atoms with E-state index in [-0.39, 0.29) is 12.1 Å². The number of para-hydroxylation sites is 1. The molecule has 2 nitrogen and oxygen atoms in total. The standard InChI is InChI=1S/C18H21NO/c1-13(14-7-3-2-4-8-14)11-18(20)17-12-15-9-5-6-10-16(15)19-17/h2-10,13,17-20H,11-12H2,1H3. The second-order valence-corrected chi connectivity index (χ2v) is 5.73. The fraction of sp³-hybridized carbons (Fsp3) is 0.333. The average molecular weight is 267 g/mol. The number of fused-ring (bicyclic) bond motifs is 1. The minimum absolute atomic E-state index is 0.138. The molecule has 0 saturated heterocycles. The molecule has 0 aromatic heterocycles. The molecule has 104 valence electrons. The summed E-state index contributed by atoms with van der Waals surface area (Å²) in [4.78, 5) is 0. The van der Waals surface area contributed by atoms with Crippen LogP contribution in [0.1, 0.15) is 30.4 Å². The van der Waals surface area contributed by atoms with E-state index in [1.165, 1.54) is 16.8 Å². The van der Waals surface area contributed by atoms with Crippen molar-refractivity contribution in [3.63, 3.8) is 0 Å². The smallest absolute Gasteiger partial charge is 0.0750 e. The van der Waals surface area contributed by atoms with E-state index in [1.54, 1.807) is 0 Å². The molecule has 3 unspecified atom stereocenters. The first-order valence-electron chi connectivity index (χ1n) is 7.31. The molecule has 0 fully saturated rings. The van der Waals surface area contributed by atoms with Crippen molar-refractivity contribution in [3.05, 3.63) is 65.7 Å². The van der Waals surface area contributed by atoms with Crippen molar-refractivity contribution < 1.29 is 5.11 Å². The highest BCUT2D eigenvalue weighted by Crippen LogP contribution is 2.30. The van der Waals surface area contributed by atoms with E-state index in [9.17, 15) is 5.11 Å². The fourth-order valence-electron chi connectivity index (χ4n) is 3.00. The Morgan fingerprint density at radius 3 is 2.55 bits per heavy atom. The van der Waals surface area contributed by atoms with Gasteiger partial charge in [-0.25, -0.2) is 0 Å². The molecular formula is C18H21NO. The Hall–Kier alpha value is -1.80. The summed E-state index contributed by atoms with van der Waals surface area (Å²) in [5.74, 6) is 0.372. The van der Waals surface area contributed by atoms with Gasteiger partial charge in [0.05, 0.1) is 12.1 Å². The maximum Gasteiger partial charge on any atom is 0.0750 e. The van der Waals surface area contributed by atoms with Gasteiger partial charge in [0.25, 0.3) is 0 Å². The Bertz CT molecular complexity index is 542. The average Bonchev–Trinajstić information content (AvgIpc) is 2.92. The highest BCUT2D eigenvalue weighted by Gasteiger charge is 2.27. The number of hydrogen-bond acceptors (Lipinski definition) is 2. The number of nitrogens with one attached hydrogen (secondary N) is 1. The van der Waals surface area contributed by atoms with Crippen LogP contribution in [0.4, 0.5) is 5.69 Å². The number of anilines is 1. The molecule has 1 heterocycles. The van der Waals surface area contributed by atoms with E-state index in [4.69, 9.17) is 0 Å². The van der Waals surface area contributed by atoms with Gasteiger partial charge in [-0.3, -0.25) is 0 Å². The quantitative estimate of drug-likeness (QED) is 0.887. The van der Waals surface area contributed by atoms with Crippen LogP contribution in [0.5, 0.6) is 0 Å². The van der Waals surface area contributed by atoms with Crippen LogP contribution < -0.4 is 5.32 Å². The van der Waals surface area contributed by atoms with Gasteiger partial charge in [0, 0.05) is 5.69 Å². The van der Waals surface area contributed by atoms with Gasteiger partial charge in [-0.1, -0.05) is 55.5 Å². The van der Waals surface area contributed by atoms with Crippen LogP contribution in [0, 0.1) is 0 Å². The van der Waals surface area contributed by atoms with E-state index in [0.29, 0.717) is 5.92 Å². The van der Waals surface area contributed by atoms with Crippen LogP contribution in [0.3, 0.4) is 0 Å². The minimum atomic E-state index is -0.322. The Morgan fingerprint density at radius 1 is 1.10 bits per heavy atom. The summed E-state index contributed by atoms with van der Waals surface area (Å²) < 4.78 is 0. The maximum absolute atomic E-state index is 10.5. The van der Waals surface area contributed by atoms with Crippen molar-refractivity contribution in [2.45, 2.75) is 37.8 Å². The predicted octanol–water partition coefficient (Wildman–Crippen LogP) is 3.58. The lowest BCUT2D eigenvalue weighted by Crippen LogP contribution is -2.32. The lowest BCUT2D eigenvalue weighted by Gasteiger charge is -2.22. The molecule has 0 aliphatic carbocycles. The van der Waals surface area contributed by atoms with Crippen molar-refractivity contribution in [1.82, 2.24) is 0 Å². The minimum Gasteiger partial charge on any atom is -0.391 e. The van der Waals surface area contributed by atoms with Gasteiger partial charge < -0.3 is 10.4 Å². The lowest BCUT2D eigenvalue weighted by molar-refractivity contribution is 0.137. The Morgan fingerprint density at radius 2 is 1.80 bits per heavy atom. The summed E-state index contributed by atoms with van der Waals surface area (Å²) >= 11 is 0. The van der Waals surface area contributed by atoms with E-state index < -0.39 is 0 Å². The van der Waals surface area contributed by atoms with Crippen LogP contribution in [0.15, 0.2) is 54.6 Å². The topological polar surface area (TPSA) is 32.3 Å². The van der Waals surface area contributed by atoms with Gasteiger partial charge in [-0.15, -0.1) is 0 Å². The van der Waals surface area contributed by atoms with Crippen LogP contribution >= 0.6 is 0 Å². The number of aliphatic hydroxyl groups excluding tert-OH is 1. The molecule has 0 amide bonds. The Labute approximate surface area is 120 Å². The van der Waals surface area contributed by atoms with Crippen LogP contribution in [-0.2, 0) is 6.42 Å². The Balaban J connectivity index is 1.62. The molecule has 20 heavy (non-hydrogen) atoms. The van der Waals surface area contributed by atoms with Crippen molar-refractivity contribution >= 4 is 5.69 Å². The molecule has 0 radical (unpaired) electrons. The molecular weight excluding hydrogens is 246 g/mol. The lowest BCUT2D eigenvalue weighted by atomic mass is 9.91. The third-order valence-electron chi connectivity index (χ3n) is 4.23. The summed E-state index contributed by atoms with van der Waals surface area (Å²) in [5, 5.41) is 13.9. The first-order chi connectivity index (χ1) is 9.74. The summed E-state index contributed by atoms with van der Waals surface area (Å²) in [6.07, 6.45) is 1.38. The van der Waals surface area contributed by atoms with E-state index in [1.807, 2.05) is 12.1 Å². The summed E-state index contributed by atoms with van der Waals surface area (Å²) in [7, 11) is 0. The molecule has 0 bridgehead atoms. The normalized spacial score (nSPS) is 20.0. The molecule has 3 rings (SSSR count). The molecule has 2 aromatic rings. The zero-order valence-electron chi connectivity index (χ0n) is 11.8. The molecule has 0 spiro atoms. The summed E-state index contributed by atoms with van der Waals surface area (Å²) in [6, 6.07) is 18.9. The maximum atomic E-state index is 10.5. The first kappa shape index (κ1) is 13.2. The predicted molar refractivity (Wildman–Crippen MR) is 83.0 cm³/mol. The van der Waals surface area contributed by atoms with Gasteiger partial charge >= 0.3 is 0 Å². The van der Waals surface area contributed by atoms with Gasteiger partial charge in [-0.2, -0.15) is 0 Å².